The molecule has 0 saturated heterocycles. The summed E-state index contributed by atoms with van der Waals surface area (Å²) in [6.07, 6.45) is 0.709. The fraction of sp³-hybridized carbons (Fsp3) is 0.600. The average molecular weight is 210 g/mol. The first kappa shape index (κ1) is 11.0. The van der Waals surface area contributed by atoms with Crippen molar-refractivity contribution < 1.29 is 0 Å². The molecule has 0 aliphatic carbocycles. The van der Waals surface area contributed by atoms with Crippen molar-refractivity contribution in [3.05, 3.63) is 20.7 Å². The van der Waals surface area contributed by atoms with Crippen LogP contribution < -0.4 is 4.87 Å². The molecule has 14 heavy (non-hydrogen) atoms. The Kier molecular flexibility index (Phi) is 3.12. The second kappa shape index (κ2) is 3.97. The topological polar surface area (TPSA) is 45.8 Å². The minimum Gasteiger partial charge on any atom is -0.303 e. The largest absolute Gasteiger partial charge is 0.307 e. The van der Waals surface area contributed by atoms with Gasteiger partial charge in [0.2, 0.25) is 0 Å². The van der Waals surface area contributed by atoms with Crippen molar-refractivity contribution >= 4 is 11.3 Å². The molecule has 1 heterocycles. The van der Waals surface area contributed by atoms with E-state index in [0.29, 0.717) is 13.0 Å². The van der Waals surface area contributed by atoms with E-state index in [1.54, 1.807) is 4.57 Å². The van der Waals surface area contributed by atoms with Gasteiger partial charge < -0.3 is 4.57 Å². The number of aromatic nitrogens is 1. The van der Waals surface area contributed by atoms with Crippen LogP contribution in [0.1, 0.15) is 26.0 Å². The Hall–Kier alpha value is -1.08. The molecule has 0 saturated carbocycles. The van der Waals surface area contributed by atoms with Gasteiger partial charge in [0, 0.05) is 17.6 Å². The molecule has 0 spiro atoms. The Morgan fingerprint density at radius 2 is 2.29 bits per heavy atom. The first-order chi connectivity index (χ1) is 6.46. The summed E-state index contributed by atoms with van der Waals surface area (Å²) in [7, 11) is 0. The zero-order valence-electron chi connectivity index (χ0n) is 8.70. The predicted molar refractivity (Wildman–Crippen MR) is 57.3 cm³/mol. The molecule has 1 aromatic rings. The van der Waals surface area contributed by atoms with Gasteiger partial charge in [-0.2, -0.15) is 5.26 Å². The third kappa shape index (κ3) is 2.46. The summed E-state index contributed by atoms with van der Waals surface area (Å²) < 4.78 is 1.73. The fourth-order valence-corrected chi connectivity index (χ4v) is 1.88. The van der Waals surface area contributed by atoms with Gasteiger partial charge in [0.15, 0.2) is 0 Å². The molecule has 0 amide bonds. The molecule has 0 aliphatic rings. The molecule has 0 fully saturated rings. The highest BCUT2D eigenvalue weighted by Crippen LogP contribution is 2.19. The first-order valence-corrected chi connectivity index (χ1v) is 5.40. The number of nitriles is 1. The predicted octanol–water partition coefficient (Wildman–Crippen LogP) is 2.16. The van der Waals surface area contributed by atoms with E-state index in [1.165, 1.54) is 11.3 Å². The molecule has 1 rings (SSSR count). The lowest BCUT2D eigenvalue weighted by Crippen LogP contribution is -2.19. The Labute approximate surface area is 87.6 Å². The molecule has 1 aromatic heterocycles. The van der Waals surface area contributed by atoms with E-state index in [1.807, 2.05) is 26.2 Å². The zero-order valence-corrected chi connectivity index (χ0v) is 9.52. The number of rotatable bonds is 3. The standard InChI is InChI=1S/C10H14N2OS/c1-8-6-14-9(13)12(8)5-4-10(2,3)7-11/h6H,4-5H2,1-3H3. The quantitative estimate of drug-likeness (QED) is 0.767. The van der Waals surface area contributed by atoms with Gasteiger partial charge in [-0.1, -0.05) is 11.3 Å². The van der Waals surface area contributed by atoms with Crippen LogP contribution in [0.4, 0.5) is 0 Å². The summed E-state index contributed by atoms with van der Waals surface area (Å²) in [5.74, 6) is 0. The minimum atomic E-state index is -0.353. The molecular formula is C10H14N2OS. The van der Waals surface area contributed by atoms with Crippen LogP contribution in [0.25, 0.3) is 0 Å². The maximum absolute atomic E-state index is 11.3. The van der Waals surface area contributed by atoms with Gasteiger partial charge in [0.1, 0.15) is 0 Å². The highest BCUT2D eigenvalue weighted by Gasteiger charge is 2.17. The Balaban J connectivity index is 2.73. The van der Waals surface area contributed by atoms with E-state index in [-0.39, 0.29) is 10.3 Å². The van der Waals surface area contributed by atoms with Crippen molar-refractivity contribution in [2.24, 2.45) is 5.41 Å². The van der Waals surface area contributed by atoms with Crippen molar-refractivity contribution in [1.29, 1.82) is 5.26 Å². The zero-order chi connectivity index (χ0) is 10.8. The van der Waals surface area contributed by atoms with E-state index in [9.17, 15) is 4.79 Å². The van der Waals surface area contributed by atoms with Crippen molar-refractivity contribution in [3.8, 4) is 6.07 Å². The first-order valence-electron chi connectivity index (χ1n) is 4.52. The van der Waals surface area contributed by atoms with Crippen LogP contribution in [0.3, 0.4) is 0 Å². The van der Waals surface area contributed by atoms with E-state index < -0.39 is 0 Å². The second-order valence-electron chi connectivity index (χ2n) is 4.04. The van der Waals surface area contributed by atoms with Crippen LogP contribution in [0, 0.1) is 23.7 Å². The van der Waals surface area contributed by atoms with E-state index in [0.717, 1.165) is 5.69 Å². The van der Waals surface area contributed by atoms with Gasteiger partial charge in [-0.3, -0.25) is 4.79 Å². The van der Waals surface area contributed by atoms with Gasteiger partial charge in [-0.15, -0.1) is 0 Å². The molecule has 4 heteroatoms. The monoisotopic (exact) mass is 210 g/mol. The summed E-state index contributed by atoms with van der Waals surface area (Å²) in [4.78, 5) is 11.4. The molecule has 0 radical (unpaired) electrons. The summed E-state index contributed by atoms with van der Waals surface area (Å²) in [5.41, 5.74) is 0.627. The van der Waals surface area contributed by atoms with Crippen LogP contribution >= 0.6 is 11.3 Å². The van der Waals surface area contributed by atoms with E-state index >= 15 is 0 Å². The van der Waals surface area contributed by atoms with E-state index in [4.69, 9.17) is 5.26 Å². The van der Waals surface area contributed by atoms with Crippen LogP contribution in [0.15, 0.2) is 10.2 Å². The Morgan fingerprint density at radius 1 is 1.64 bits per heavy atom. The molecular weight excluding hydrogens is 196 g/mol. The SMILES string of the molecule is Cc1csc(=O)n1CCC(C)(C)C#N. The smallest absolute Gasteiger partial charge is 0.303 e. The van der Waals surface area contributed by atoms with Crippen molar-refractivity contribution in [1.82, 2.24) is 4.57 Å². The second-order valence-corrected chi connectivity index (χ2v) is 4.86. The van der Waals surface area contributed by atoms with Gasteiger partial charge in [-0.25, -0.2) is 0 Å². The molecule has 3 nitrogen and oxygen atoms in total. The van der Waals surface area contributed by atoms with Gasteiger partial charge in [-0.05, 0) is 27.2 Å². The number of hydrogen-bond donors (Lipinski definition) is 0. The maximum atomic E-state index is 11.3. The fourth-order valence-electron chi connectivity index (χ4n) is 1.12. The molecule has 0 bridgehead atoms. The normalized spacial score (nSPS) is 11.3. The van der Waals surface area contributed by atoms with Crippen LogP contribution in [0.2, 0.25) is 0 Å². The highest BCUT2D eigenvalue weighted by atomic mass is 32.1. The molecule has 0 unspecified atom stereocenters. The average Bonchev–Trinajstić information content (AvgIpc) is 2.44. The summed E-state index contributed by atoms with van der Waals surface area (Å²) in [6, 6.07) is 2.23. The Morgan fingerprint density at radius 3 is 2.71 bits per heavy atom. The van der Waals surface area contributed by atoms with Crippen molar-refractivity contribution in [2.45, 2.75) is 33.7 Å². The van der Waals surface area contributed by atoms with Crippen LogP contribution in [0.5, 0.6) is 0 Å². The van der Waals surface area contributed by atoms with Crippen molar-refractivity contribution in [3.63, 3.8) is 0 Å². The molecule has 0 N–H and O–H groups in total. The Bertz CT molecular complexity index is 408. The molecule has 0 aromatic carbocycles. The van der Waals surface area contributed by atoms with Crippen molar-refractivity contribution in [2.75, 3.05) is 0 Å². The summed E-state index contributed by atoms with van der Waals surface area (Å²) in [5, 5.41) is 10.7. The lowest BCUT2D eigenvalue weighted by Gasteiger charge is -2.15. The van der Waals surface area contributed by atoms with Crippen LogP contribution in [-0.4, -0.2) is 4.57 Å². The number of aryl methyl sites for hydroxylation is 1. The number of hydrogen-bond acceptors (Lipinski definition) is 3. The lowest BCUT2D eigenvalue weighted by atomic mass is 9.91. The van der Waals surface area contributed by atoms with Crippen LogP contribution in [-0.2, 0) is 6.54 Å². The summed E-state index contributed by atoms with van der Waals surface area (Å²) >= 11 is 1.21. The number of thiazole rings is 1. The summed E-state index contributed by atoms with van der Waals surface area (Å²) in [6.45, 7) is 6.32. The molecule has 0 aliphatic heterocycles. The minimum absolute atomic E-state index is 0.0660. The third-order valence-corrected chi connectivity index (χ3v) is 3.12. The maximum Gasteiger partial charge on any atom is 0.307 e. The lowest BCUT2D eigenvalue weighted by molar-refractivity contribution is 0.409. The molecule has 0 atom stereocenters. The number of nitrogens with zero attached hydrogens (tertiary/aromatic N) is 2. The van der Waals surface area contributed by atoms with Gasteiger partial charge in [0.25, 0.3) is 0 Å². The third-order valence-electron chi connectivity index (χ3n) is 2.24. The molecule has 76 valence electrons. The van der Waals surface area contributed by atoms with Gasteiger partial charge >= 0.3 is 4.87 Å². The highest BCUT2D eigenvalue weighted by molar-refractivity contribution is 7.07. The van der Waals surface area contributed by atoms with Gasteiger partial charge in [0.05, 0.1) is 11.5 Å². The van der Waals surface area contributed by atoms with E-state index in [2.05, 4.69) is 6.07 Å².